The molecule has 2 aromatic carbocycles. The van der Waals surface area contributed by atoms with E-state index in [0.29, 0.717) is 5.75 Å². The fourth-order valence-electron chi connectivity index (χ4n) is 1.65. The molecule has 0 aliphatic carbocycles. The molecule has 5 heteroatoms. The molecule has 0 unspecified atom stereocenters. The summed E-state index contributed by atoms with van der Waals surface area (Å²) in [6, 6.07) is 11.9. The van der Waals surface area contributed by atoms with E-state index < -0.39 is 4.92 Å². The first-order valence-corrected chi connectivity index (χ1v) is 5.73. The molecule has 19 heavy (non-hydrogen) atoms. The van der Waals surface area contributed by atoms with Crippen molar-refractivity contribution in [1.82, 2.24) is 0 Å². The van der Waals surface area contributed by atoms with Gasteiger partial charge in [0.2, 0.25) is 0 Å². The van der Waals surface area contributed by atoms with Gasteiger partial charge in [-0.3, -0.25) is 10.1 Å². The second kappa shape index (κ2) is 5.48. The van der Waals surface area contributed by atoms with Gasteiger partial charge in [-0.15, -0.1) is 0 Å². The number of non-ortho nitro benzene ring substituents is 1. The lowest BCUT2D eigenvalue weighted by Crippen LogP contribution is -2.03. The van der Waals surface area contributed by atoms with Crippen LogP contribution in [-0.2, 0) is 0 Å². The van der Waals surface area contributed by atoms with Crippen molar-refractivity contribution in [2.45, 2.75) is 13.0 Å². The number of halogens is 1. The molecule has 0 saturated carbocycles. The molecular weight excluding hydrogens is 249 g/mol. The van der Waals surface area contributed by atoms with E-state index in [1.165, 1.54) is 36.4 Å². The summed E-state index contributed by atoms with van der Waals surface area (Å²) in [6.07, 6.45) is -0.262. The van der Waals surface area contributed by atoms with Crippen molar-refractivity contribution in [3.8, 4) is 5.75 Å². The summed E-state index contributed by atoms with van der Waals surface area (Å²) < 4.78 is 18.4. The minimum atomic E-state index is -0.465. The highest BCUT2D eigenvalue weighted by Gasteiger charge is 2.09. The second-order valence-electron chi connectivity index (χ2n) is 4.06. The Morgan fingerprint density at radius 2 is 1.68 bits per heavy atom. The molecule has 0 aliphatic rings. The third kappa shape index (κ3) is 3.28. The first-order valence-electron chi connectivity index (χ1n) is 5.73. The van der Waals surface area contributed by atoms with Gasteiger partial charge < -0.3 is 4.74 Å². The first kappa shape index (κ1) is 13.0. The Balaban J connectivity index is 2.08. The van der Waals surface area contributed by atoms with Crippen molar-refractivity contribution in [2.75, 3.05) is 0 Å². The minimum absolute atomic E-state index is 0.0155. The van der Waals surface area contributed by atoms with Crippen LogP contribution in [0.15, 0.2) is 48.5 Å². The molecular formula is C14H12FNO3. The van der Waals surface area contributed by atoms with Gasteiger partial charge in [0.15, 0.2) is 0 Å². The highest BCUT2D eigenvalue weighted by Crippen LogP contribution is 2.23. The topological polar surface area (TPSA) is 52.4 Å². The zero-order valence-corrected chi connectivity index (χ0v) is 10.2. The first-order chi connectivity index (χ1) is 9.06. The summed E-state index contributed by atoms with van der Waals surface area (Å²) >= 11 is 0. The van der Waals surface area contributed by atoms with Crippen molar-refractivity contribution < 1.29 is 14.1 Å². The van der Waals surface area contributed by atoms with Gasteiger partial charge in [-0.05, 0) is 36.8 Å². The van der Waals surface area contributed by atoms with Gasteiger partial charge in [-0.1, -0.05) is 12.1 Å². The Morgan fingerprint density at radius 1 is 1.11 bits per heavy atom. The Bertz CT molecular complexity index is 566. The minimum Gasteiger partial charge on any atom is -0.486 e. The molecule has 0 amide bonds. The number of benzene rings is 2. The number of ether oxygens (including phenoxy) is 1. The zero-order chi connectivity index (χ0) is 13.8. The summed E-state index contributed by atoms with van der Waals surface area (Å²) in [5.74, 6) is 0.230. The van der Waals surface area contributed by atoms with Gasteiger partial charge >= 0.3 is 0 Å². The third-order valence-corrected chi connectivity index (χ3v) is 2.70. The molecule has 0 aliphatic heterocycles. The summed E-state index contributed by atoms with van der Waals surface area (Å²) in [4.78, 5) is 10.1. The molecule has 0 fully saturated rings. The van der Waals surface area contributed by atoms with E-state index >= 15 is 0 Å². The van der Waals surface area contributed by atoms with Crippen molar-refractivity contribution >= 4 is 5.69 Å². The number of hydrogen-bond acceptors (Lipinski definition) is 3. The van der Waals surface area contributed by atoms with E-state index in [9.17, 15) is 14.5 Å². The molecule has 98 valence electrons. The van der Waals surface area contributed by atoms with Gasteiger partial charge in [0.25, 0.3) is 5.69 Å². The van der Waals surface area contributed by atoms with Crippen LogP contribution >= 0.6 is 0 Å². The maximum Gasteiger partial charge on any atom is 0.269 e. The third-order valence-electron chi connectivity index (χ3n) is 2.70. The van der Waals surface area contributed by atoms with E-state index in [1.807, 2.05) is 6.92 Å². The number of hydrogen-bond donors (Lipinski definition) is 0. The summed E-state index contributed by atoms with van der Waals surface area (Å²) in [6.45, 7) is 1.83. The molecule has 4 nitrogen and oxygen atoms in total. The van der Waals surface area contributed by atoms with Gasteiger partial charge in [0.05, 0.1) is 4.92 Å². The molecule has 0 saturated heterocycles. The van der Waals surface area contributed by atoms with Crippen LogP contribution in [-0.4, -0.2) is 4.92 Å². The monoisotopic (exact) mass is 261 g/mol. The van der Waals surface area contributed by atoms with Crippen LogP contribution < -0.4 is 4.74 Å². The highest BCUT2D eigenvalue weighted by atomic mass is 19.1. The van der Waals surface area contributed by atoms with E-state index in [1.54, 1.807) is 12.1 Å². The lowest BCUT2D eigenvalue weighted by molar-refractivity contribution is -0.384. The molecule has 0 spiro atoms. The zero-order valence-electron chi connectivity index (χ0n) is 10.2. The molecule has 0 N–H and O–H groups in total. The number of rotatable bonds is 4. The molecule has 0 aromatic heterocycles. The maximum atomic E-state index is 12.8. The van der Waals surface area contributed by atoms with Gasteiger partial charge in [-0.2, -0.15) is 0 Å². The van der Waals surface area contributed by atoms with Crippen molar-refractivity contribution in [2.24, 2.45) is 0 Å². The Morgan fingerprint density at radius 3 is 2.21 bits per heavy atom. The van der Waals surface area contributed by atoms with Crippen LogP contribution in [0.25, 0.3) is 0 Å². The van der Waals surface area contributed by atoms with E-state index in [4.69, 9.17) is 4.74 Å². The largest absolute Gasteiger partial charge is 0.486 e. The number of nitro groups is 1. The predicted octanol–water partition coefficient (Wildman–Crippen LogP) is 3.87. The Kier molecular flexibility index (Phi) is 3.75. The predicted molar refractivity (Wildman–Crippen MR) is 68.5 cm³/mol. The fraction of sp³-hybridized carbons (Fsp3) is 0.143. The summed E-state index contributed by atoms with van der Waals surface area (Å²) in [7, 11) is 0. The lowest BCUT2D eigenvalue weighted by atomic mass is 10.1. The van der Waals surface area contributed by atoms with Crippen molar-refractivity contribution in [3.63, 3.8) is 0 Å². The quantitative estimate of drug-likeness (QED) is 0.620. The van der Waals surface area contributed by atoms with Crippen LogP contribution in [0.5, 0.6) is 5.75 Å². The van der Waals surface area contributed by atoms with Crippen LogP contribution in [0.1, 0.15) is 18.6 Å². The summed E-state index contributed by atoms with van der Waals surface area (Å²) in [5.41, 5.74) is 0.849. The highest BCUT2D eigenvalue weighted by molar-refractivity contribution is 5.36. The molecule has 0 heterocycles. The van der Waals surface area contributed by atoms with Crippen molar-refractivity contribution in [1.29, 1.82) is 0 Å². The van der Waals surface area contributed by atoms with E-state index in [2.05, 4.69) is 0 Å². The van der Waals surface area contributed by atoms with E-state index in [0.717, 1.165) is 5.56 Å². The van der Waals surface area contributed by atoms with Crippen LogP contribution in [0.2, 0.25) is 0 Å². The normalized spacial score (nSPS) is 11.9. The molecule has 2 rings (SSSR count). The standard InChI is InChI=1S/C14H12FNO3/c1-10(11-2-4-12(15)5-3-11)19-14-8-6-13(7-9-14)16(17)18/h2-10H,1H3/t10-/m1/s1. The van der Waals surface area contributed by atoms with Crippen LogP contribution in [0.4, 0.5) is 10.1 Å². The second-order valence-corrected chi connectivity index (χ2v) is 4.06. The Hall–Kier alpha value is -2.43. The fourth-order valence-corrected chi connectivity index (χ4v) is 1.65. The Labute approximate surface area is 109 Å². The summed E-state index contributed by atoms with van der Waals surface area (Å²) in [5, 5.41) is 10.5. The molecule has 2 aromatic rings. The molecule has 0 bridgehead atoms. The van der Waals surface area contributed by atoms with Crippen LogP contribution in [0.3, 0.4) is 0 Å². The smallest absolute Gasteiger partial charge is 0.269 e. The van der Waals surface area contributed by atoms with Crippen LogP contribution in [0, 0.1) is 15.9 Å². The van der Waals surface area contributed by atoms with E-state index in [-0.39, 0.29) is 17.6 Å². The van der Waals surface area contributed by atoms with Crippen molar-refractivity contribution in [3.05, 3.63) is 70.0 Å². The average Bonchev–Trinajstić information content (AvgIpc) is 2.40. The molecule has 1 atom stereocenters. The van der Waals surface area contributed by atoms with Gasteiger partial charge in [0.1, 0.15) is 17.7 Å². The lowest BCUT2D eigenvalue weighted by Gasteiger charge is -2.14. The number of nitro benzene ring substituents is 1. The van der Waals surface area contributed by atoms with Gasteiger partial charge in [-0.25, -0.2) is 4.39 Å². The average molecular weight is 261 g/mol. The number of nitrogens with zero attached hydrogens (tertiary/aromatic N) is 1. The SMILES string of the molecule is C[C@@H](Oc1ccc([N+](=O)[O-])cc1)c1ccc(F)cc1. The van der Waals surface area contributed by atoms with Gasteiger partial charge in [0, 0.05) is 12.1 Å². The molecule has 0 radical (unpaired) electrons. The maximum absolute atomic E-state index is 12.8.